The molecule has 0 bridgehead atoms. The van der Waals surface area contributed by atoms with E-state index in [1.165, 1.54) is 0 Å². The Morgan fingerprint density at radius 1 is 1.33 bits per heavy atom. The van der Waals surface area contributed by atoms with Crippen molar-refractivity contribution >= 4 is 5.91 Å². The number of amides is 1. The van der Waals surface area contributed by atoms with Crippen molar-refractivity contribution in [2.45, 2.75) is 27.2 Å². The summed E-state index contributed by atoms with van der Waals surface area (Å²) in [5.41, 5.74) is 0. The minimum atomic E-state index is 0. The maximum Gasteiger partial charge on any atom is 0.221 e. The van der Waals surface area contributed by atoms with E-state index in [4.69, 9.17) is 0 Å². The molecule has 0 atom stereocenters. The van der Waals surface area contributed by atoms with Crippen LogP contribution in [-0.4, -0.2) is 37.0 Å². The molecule has 0 aromatic rings. The van der Waals surface area contributed by atoms with Crippen molar-refractivity contribution < 1.29 is 6.22 Å². The minimum absolute atomic E-state index is 0. The van der Waals surface area contributed by atoms with Gasteiger partial charge in [0.2, 0.25) is 5.91 Å². The van der Waals surface area contributed by atoms with Gasteiger partial charge >= 0.3 is 0 Å². The molecular weight excluding hydrogens is 152 g/mol. The Morgan fingerprint density at radius 2 is 1.92 bits per heavy atom. The standard InChI is InChI=1S/C9H20N2O.H2/c1-4-10-9(12)7-8-11(5-2)6-3;/h4-8H2,1-3H3,(H,10,12);1H. The first-order valence-corrected chi connectivity index (χ1v) is 4.73. The Bertz CT molecular complexity index is 127. The van der Waals surface area contributed by atoms with E-state index in [2.05, 4.69) is 24.1 Å². The summed E-state index contributed by atoms with van der Waals surface area (Å²) in [5.74, 6) is 0.157. The summed E-state index contributed by atoms with van der Waals surface area (Å²) in [6, 6.07) is 0. The van der Waals surface area contributed by atoms with E-state index in [1.807, 2.05) is 6.92 Å². The van der Waals surface area contributed by atoms with Gasteiger partial charge in [0.25, 0.3) is 0 Å². The molecule has 0 unspecified atom stereocenters. The third-order valence-corrected chi connectivity index (χ3v) is 1.92. The third kappa shape index (κ3) is 5.13. The van der Waals surface area contributed by atoms with Crippen LogP contribution in [0.1, 0.15) is 28.6 Å². The summed E-state index contributed by atoms with van der Waals surface area (Å²) in [5, 5.41) is 2.78. The first-order chi connectivity index (χ1) is 5.74. The highest BCUT2D eigenvalue weighted by atomic mass is 16.1. The summed E-state index contributed by atoms with van der Waals surface area (Å²) in [6.07, 6.45) is 0.621. The highest BCUT2D eigenvalue weighted by Crippen LogP contribution is 1.89. The molecule has 12 heavy (non-hydrogen) atoms. The fourth-order valence-corrected chi connectivity index (χ4v) is 1.09. The summed E-state index contributed by atoms with van der Waals surface area (Å²) in [6.45, 7) is 9.82. The van der Waals surface area contributed by atoms with Gasteiger partial charge in [0.1, 0.15) is 0 Å². The van der Waals surface area contributed by atoms with Gasteiger partial charge in [0.05, 0.1) is 0 Å². The Kier molecular flexibility index (Phi) is 6.76. The zero-order chi connectivity index (χ0) is 9.40. The molecule has 1 amide bonds. The molecule has 0 spiro atoms. The van der Waals surface area contributed by atoms with Crippen LogP contribution in [0.5, 0.6) is 0 Å². The molecule has 0 aliphatic rings. The van der Waals surface area contributed by atoms with Crippen LogP contribution in [0.3, 0.4) is 0 Å². The van der Waals surface area contributed by atoms with Crippen LogP contribution < -0.4 is 5.32 Å². The van der Waals surface area contributed by atoms with Gasteiger partial charge in [0.15, 0.2) is 0 Å². The van der Waals surface area contributed by atoms with E-state index >= 15 is 0 Å². The van der Waals surface area contributed by atoms with Crippen molar-refractivity contribution in [2.75, 3.05) is 26.2 Å². The largest absolute Gasteiger partial charge is 0.356 e. The number of rotatable bonds is 6. The maximum atomic E-state index is 11.0. The highest BCUT2D eigenvalue weighted by Gasteiger charge is 2.02. The van der Waals surface area contributed by atoms with E-state index < -0.39 is 0 Å². The third-order valence-electron chi connectivity index (χ3n) is 1.92. The topological polar surface area (TPSA) is 32.3 Å². The van der Waals surface area contributed by atoms with Gasteiger partial charge in [0, 0.05) is 20.9 Å². The molecule has 1 N–H and O–H groups in total. The summed E-state index contributed by atoms with van der Waals surface area (Å²) in [4.78, 5) is 13.3. The average Bonchev–Trinajstić information content (AvgIpc) is 2.07. The van der Waals surface area contributed by atoms with Gasteiger partial charge in [-0.3, -0.25) is 4.79 Å². The smallest absolute Gasteiger partial charge is 0.221 e. The molecule has 0 heterocycles. The summed E-state index contributed by atoms with van der Waals surface area (Å²) < 4.78 is 0. The zero-order valence-electron chi connectivity index (χ0n) is 8.39. The molecule has 3 nitrogen and oxygen atoms in total. The molecule has 0 aromatic carbocycles. The van der Waals surface area contributed by atoms with Crippen molar-refractivity contribution in [3.8, 4) is 0 Å². The van der Waals surface area contributed by atoms with Crippen LogP contribution in [0, 0.1) is 0 Å². The first-order valence-electron chi connectivity index (χ1n) is 4.73. The zero-order valence-corrected chi connectivity index (χ0v) is 8.39. The van der Waals surface area contributed by atoms with Crippen molar-refractivity contribution in [1.82, 2.24) is 10.2 Å². The first kappa shape index (κ1) is 11.4. The van der Waals surface area contributed by atoms with Crippen molar-refractivity contribution in [3.05, 3.63) is 0 Å². The predicted octanol–water partition coefficient (Wildman–Crippen LogP) is 1.10. The van der Waals surface area contributed by atoms with E-state index in [-0.39, 0.29) is 7.33 Å². The second-order valence-electron chi connectivity index (χ2n) is 2.73. The Morgan fingerprint density at radius 3 is 2.33 bits per heavy atom. The second kappa shape index (κ2) is 7.10. The molecular formula is C9H22N2O. The van der Waals surface area contributed by atoms with E-state index in [0.717, 1.165) is 26.2 Å². The van der Waals surface area contributed by atoms with Crippen LogP contribution in [0.15, 0.2) is 0 Å². The SMILES string of the molecule is CCNC(=O)CCN(CC)CC.[HH]. The molecule has 74 valence electrons. The normalized spacial score (nSPS) is 10.3. The highest BCUT2D eigenvalue weighted by molar-refractivity contribution is 5.75. The molecule has 0 rings (SSSR count). The van der Waals surface area contributed by atoms with E-state index in [1.54, 1.807) is 0 Å². The lowest BCUT2D eigenvalue weighted by Crippen LogP contribution is -2.30. The van der Waals surface area contributed by atoms with Gasteiger partial charge in [-0.15, -0.1) is 0 Å². The summed E-state index contributed by atoms with van der Waals surface area (Å²) >= 11 is 0. The van der Waals surface area contributed by atoms with Crippen molar-refractivity contribution in [3.63, 3.8) is 0 Å². The number of hydrogen-bond donors (Lipinski definition) is 1. The Balaban J connectivity index is 0. The maximum absolute atomic E-state index is 11.0. The number of carbonyl (C=O) groups excluding carboxylic acids is 1. The quantitative estimate of drug-likeness (QED) is 0.654. The van der Waals surface area contributed by atoms with E-state index in [9.17, 15) is 4.79 Å². The lowest BCUT2D eigenvalue weighted by Gasteiger charge is -2.16. The average molecular weight is 174 g/mol. The van der Waals surface area contributed by atoms with Crippen LogP contribution in [0.4, 0.5) is 0 Å². The molecule has 0 aliphatic carbocycles. The fourth-order valence-electron chi connectivity index (χ4n) is 1.09. The molecule has 0 aromatic heterocycles. The lowest BCUT2D eigenvalue weighted by atomic mass is 10.3. The Labute approximate surface area is 76.6 Å². The van der Waals surface area contributed by atoms with Gasteiger partial charge < -0.3 is 10.2 Å². The van der Waals surface area contributed by atoms with Crippen molar-refractivity contribution in [1.29, 1.82) is 0 Å². The van der Waals surface area contributed by atoms with Crippen molar-refractivity contribution in [2.24, 2.45) is 0 Å². The lowest BCUT2D eigenvalue weighted by molar-refractivity contribution is -0.121. The number of carbonyl (C=O) groups is 1. The fraction of sp³-hybridized carbons (Fsp3) is 0.889. The number of nitrogens with zero attached hydrogens (tertiary/aromatic N) is 1. The molecule has 0 aliphatic heterocycles. The molecule has 0 saturated carbocycles. The van der Waals surface area contributed by atoms with E-state index in [0.29, 0.717) is 6.42 Å². The number of hydrogen-bond acceptors (Lipinski definition) is 2. The van der Waals surface area contributed by atoms with Gasteiger partial charge in [-0.2, -0.15) is 0 Å². The number of nitrogens with one attached hydrogen (secondary N) is 1. The second-order valence-corrected chi connectivity index (χ2v) is 2.73. The molecule has 0 fully saturated rings. The monoisotopic (exact) mass is 174 g/mol. The molecule has 3 heteroatoms. The van der Waals surface area contributed by atoms with Crippen LogP contribution >= 0.6 is 0 Å². The summed E-state index contributed by atoms with van der Waals surface area (Å²) in [7, 11) is 0. The van der Waals surface area contributed by atoms with Crippen LogP contribution in [-0.2, 0) is 4.79 Å². The minimum Gasteiger partial charge on any atom is -0.356 e. The van der Waals surface area contributed by atoms with Crippen LogP contribution in [0.25, 0.3) is 0 Å². The molecule has 0 radical (unpaired) electrons. The van der Waals surface area contributed by atoms with Gasteiger partial charge in [-0.25, -0.2) is 0 Å². The predicted molar refractivity (Wildman–Crippen MR) is 53.2 cm³/mol. The van der Waals surface area contributed by atoms with Gasteiger partial charge in [-0.1, -0.05) is 13.8 Å². The van der Waals surface area contributed by atoms with Crippen LogP contribution in [0.2, 0.25) is 0 Å². The molecule has 0 saturated heterocycles. The Hall–Kier alpha value is -0.570. The van der Waals surface area contributed by atoms with Gasteiger partial charge in [-0.05, 0) is 20.0 Å².